The van der Waals surface area contributed by atoms with E-state index in [1.807, 2.05) is 52.0 Å². The van der Waals surface area contributed by atoms with Gasteiger partial charge < -0.3 is 19.7 Å². The quantitative estimate of drug-likeness (QED) is 0.689. The van der Waals surface area contributed by atoms with E-state index in [1.165, 1.54) is 0 Å². The zero-order valence-corrected chi connectivity index (χ0v) is 18.2. The minimum Gasteiger partial charge on any atom is -0.480 e. The molecule has 1 heterocycles. The number of carboxylic acids is 1. The zero-order valence-electron chi connectivity index (χ0n) is 17.4. The van der Waals surface area contributed by atoms with E-state index in [2.05, 4.69) is 5.32 Å². The second kappa shape index (κ2) is 8.42. The topological polar surface area (TPSA) is 84.9 Å². The van der Waals surface area contributed by atoms with Gasteiger partial charge in [0.1, 0.15) is 6.04 Å². The zero-order chi connectivity index (χ0) is 22.1. The summed E-state index contributed by atoms with van der Waals surface area (Å²) in [6.45, 7) is 7.95. The van der Waals surface area contributed by atoms with Crippen LogP contribution in [-0.2, 0) is 20.5 Å². The number of hydrogen-bond donors (Lipinski definition) is 2. The minimum atomic E-state index is -1.10. The number of halogens is 1. The van der Waals surface area contributed by atoms with Gasteiger partial charge in [-0.05, 0) is 63.0 Å². The van der Waals surface area contributed by atoms with E-state index in [9.17, 15) is 14.7 Å². The molecule has 1 atom stereocenters. The Labute approximate surface area is 181 Å². The summed E-state index contributed by atoms with van der Waals surface area (Å²) in [5.74, 6) is -1.57. The highest BCUT2D eigenvalue weighted by atomic mass is 35.5. The Bertz CT molecular complexity index is 912. The summed E-state index contributed by atoms with van der Waals surface area (Å²) < 4.78 is 12.1. The van der Waals surface area contributed by atoms with Crippen LogP contribution >= 0.6 is 11.6 Å². The van der Waals surface area contributed by atoms with Crippen molar-refractivity contribution in [2.24, 2.45) is 0 Å². The molecule has 1 aliphatic rings. The van der Waals surface area contributed by atoms with E-state index in [1.54, 1.807) is 24.3 Å². The van der Waals surface area contributed by atoms with Gasteiger partial charge in [-0.1, -0.05) is 35.9 Å². The predicted octanol–water partition coefficient (Wildman–Crippen LogP) is 3.06. The molecular formula is C22H25BClNO5. The molecule has 0 saturated carbocycles. The lowest BCUT2D eigenvalue weighted by molar-refractivity contribution is -0.139. The molecule has 0 spiro atoms. The Hall–Kier alpha value is -2.35. The van der Waals surface area contributed by atoms with Crippen LogP contribution in [0, 0.1) is 0 Å². The van der Waals surface area contributed by atoms with E-state index < -0.39 is 36.2 Å². The number of benzene rings is 2. The van der Waals surface area contributed by atoms with Crippen LogP contribution in [0.15, 0.2) is 48.5 Å². The lowest BCUT2D eigenvalue weighted by Gasteiger charge is -2.32. The SMILES string of the molecule is CC1(C)OB(c2ccc(C[C@@H](NC(=O)c3ccc(Cl)cc3)C(=O)O)cc2)OC1(C)C. The van der Waals surface area contributed by atoms with E-state index in [-0.39, 0.29) is 6.42 Å². The Morgan fingerprint density at radius 2 is 1.53 bits per heavy atom. The van der Waals surface area contributed by atoms with Gasteiger partial charge in [0.15, 0.2) is 0 Å². The Balaban J connectivity index is 1.67. The molecule has 158 valence electrons. The molecule has 0 bridgehead atoms. The first-order valence-electron chi connectivity index (χ1n) is 9.72. The van der Waals surface area contributed by atoms with Crippen LogP contribution in [0.1, 0.15) is 43.6 Å². The van der Waals surface area contributed by atoms with Crippen molar-refractivity contribution in [1.82, 2.24) is 5.32 Å². The van der Waals surface area contributed by atoms with E-state index in [4.69, 9.17) is 20.9 Å². The van der Waals surface area contributed by atoms with Gasteiger partial charge in [-0.15, -0.1) is 0 Å². The molecule has 30 heavy (non-hydrogen) atoms. The average molecular weight is 430 g/mol. The Morgan fingerprint density at radius 1 is 1.00 bits per heavy atom. The molecule has 2 N–H and O–H groups in total. The third-order valence-corrected chi connectivity index (χ3v) is 5.91. The number of carbonyl (C=O) groups excluding carboxylic acids is 1. The van der Waals surface area contributed by atoms with Crippen molar-refractivity contribution in [1.29, 1.82) is 0 Å². The first-order valence-corrected chi connectivity index (χ1v) is 10.1. The number of carboxylic acid groups (broad SMARTS) is 1. The van der Waals surface area contributed by atoms with E-state index >= 15 is 0 Å². The molecule has 2 aromatic carbocycles. The highest BCUT2D eigenvalue weighted by Crippen LogP contribution is 2.36. The monoisotopic (exact) mass is 429 g/mol. The smallest absolute Gasteiger partial charge is 0.480 e. The highest BCUT2D eigenvalue weighted by molar-refractivity contribution is 6.62. The average Bonchev–Trinajstić information content (AvgIpc) is 2.89. The van der Waals surface area contributed by atoms with Gasteiger partial charge in [-0.2, -0.15) is 0 Å². The van der Waals surface area contributed by atoms with Gasteiger partial charge in [0.25, 0.3) is 5.91 Å². The van der Waals surface area contributed by atoms with Crippen LogP contribution < -0.4 is 10.8 Å². The first kappa shape index (κ1) is 22.3. The van der Waals surface area contributed by atoms with E-state index in [0.717, 1.165) is 11.0 Å². The summed E-state index contributed by atoms with van der Waals surface area (Å²) in [4.78, 5) is 24.0. The number of rotatable bonds is 6. The van der Waals surface area contributed by atoms with Gasteiger partial charge in [-0.25, -0.2) is 4.79 Å². The van der Waals surface area contributed by atoms with Crippen LogP contribution in [0.3, 0.4) is 0 Å². The lowest BCUT2D eigenvalue weighted by atomic mass is 9.78. The van der Waals surface area contributed by atoms with Crippen LogP contribution in [0.2, 0.25) is 5.02 Å². The van der Waals surface area contributed by atoms with Crippen LogP contribution in [0.5, 0.6) is 0 Å². The summed E-state index contributed by atoms with van der Waals surface area (Å²) in [6, 6.07) is 12.6. The maximum absolute atomic E-state index is 12.4. The number of amides is 1. The van der Waals surface area contributed by atoms with E-state index in [0.29, 0.717) is 10.6 Å². The molecule has 0 radical (unpaired) electrons. The van der Waals surface area contributed by atoms with Crippen molar-refractivity contribution >= 4 is 36.1 Å². The largest absolute Gasteiger partial charge is 0.494 e. The van der Waals surface area contributed by atoms with Crippen LogP contribution in [0.25, 0.3) is 0 Å². The summed E-state index contributed by atoms with van der Waals surface area (Å²) in [6.07, 6.45) is 0.151. The third kappa shape index (κ3) is 4.86. The summed E-state index contributed by atoms with van der Waals surface area (Å²) in [5, 5.41) is 12.6. The molecule has 1 saturated heterocycles. The fourth-order valence-electron chi connectivity index (χ4n) is 3.07. The van der Waals surface area contributed by atoms with Crippen molar-refractivity contribution in [3.63, 3.8) is 0 Å². The van der Waals surface area contributed by atoms with Crippen molar-refractivity contribution in [2.45, 2.75) is 51.4 Å². The van der Waals surface area contributed by atoms with Crippen molar-refractivity contribution < 1.29 is 24.0 Å². The molecule has 1 aliphatic heterocycles. The van der Waals surface area contributed by atoms with Crippen molar-refractivity contribution in [3.05, 3.63) is 64.7 Å². The highest BCUT2D eigenvalue weighted by Gasteiger charge is 2.51. The molecular weight excluding hydrogens is 405 g/mol. The summed E-state index contributed by atoms with van der Waals surface area (Å²) in [7, 11) is -0.482. The Kier molecular flexibility index (Phi) is 6.27. The number of carbonyl (C=O) groups is 2. The van der Waals surface area contributed by atoms with Gasteiger partial charge in [0, 0.05) is 17.0 Å². The molecule has 0 unspecified atom stereocenters. The van der Waals surface area contributed by atoms with Crippen LogP contribution in [0.4, 0.5) is 0 Å². The second-order valence-corrected chi connectivity index (χ2v) is 8.84. The second-order valence-electron chi connectivity index (χ2n) is 8.41. The summed E-state index contributed by atoms with van der Waals surface area (Å²) >= 11 is 5.83. The van der Waals surface area contributed by atoms with Crippen molar-refractivity contribution in [3.8, 4) is 0 Å². The molecule has 0 aliphatic carbocycles. The normalized spacial score (nSPS) is 18.1. The number of hydrogen-bond acceptors (Lipinski definition) is 4. The van der Waals surface area contributed by atoms with Gasteiger partial charge in [0.2, 0.25) is 0 Å². The summed E-state index contributed by atoms with van der Waals surface area (Å²) in [5.41, 5.74) is 1.11. The molecule has 8 heteroatoms. The molecule has 1 fully saturated rings. The third-order valence-electron chi connectivity index (χ3n) is 5.65. The van der Waals surface area contributed by atoms with Crippen molar-refractivity contribution in [2.75, 3.05) is 0 Å². The molecule has 0 aromatic heterocycles. The first-order chi connectivity index (χ1) is 14.0. The van der Waals surface area contributed by atoms with Crippen LogP contribution in [-0.4, -0.2) is 41.3 Å². The number of nitrogens with one attached hydrogen (secondary N) is 1. The minimum absolute atomic E-state index is 0.151. The van der Waals surface area contributed by atoms with Gasteiger partial charge >= 0.3 is 13.1 Å². The van der Waals surface area contributed by atoms with Gasteiger partial charge in [0.05, 0.1) is 11.2 Å². The maximum Gasteiger partial charge on any atom is 0.494 e. The molecule has 2 aromatic rings. The Morgan fingerprint density at radius 3 is 2.03 bits per heavy atom. The predicted molar refractivity (Wildman–Crippen MR) is 116 cm³/mol. The standard InChI is InChI=1S/C22H25BClNO5/c1-21(2)22(3,4)30-23(29-21)16-9-5-14(6-10-16)13-18(20(27)28)25-19(26)15-7-11-17(24)12-8-15/h5-12,18H,13H2,1-4H3,(H,25,26)(H,27,28)/t18-/m1/s1. The van der Waals surface area contributed by atoms with Gasteiger partial charge in [-0.3, -0.25) is 4.79 Å². The fraction of sp³-hybridized carbons (Fsp3) is 0.364. The maximum atomic E-state index is 12.4. The molecule has 3 rings (SSSR count). The molecule has 6 nitrogen and oxygen atoms in total. The fourth-order valence-corrected chi connectivity index (χ4v) is 3.19. The number of aliphatic carboxylic acids is 1. The molecule has 1 amide bonds. The lowest BCUT2D eigenvalue weighted by Crippen LogP contribution is -2.42.